The van der Waals surface area contributed by atoms with E-state index in [1.807, 2.05) is 18.2 Å². The number of ether oxygens (including phenoxy) is 1. The predicted octanol–water partition coefficient (Wildman–Crippen LogP) is 2.55. The van der Waals surface area contributed by atoms with Crippen molar-refractivity contribution in [2.45, 2.75) is 82.2 Å². The fraction of sp³-hybridized carbons (Fsp3) is 0.390. The summed E-state index contributed by atoms with van der Waals surface area (Å²) in [6, 6.07) is 19.9. The Labute approximate surface area is 326 Å². The topological polar surface area (TPSA) is 194 Å². The monoisotopic (exact) mass is 771 g/mol. The molecule has 0 bridgehead atoms. The van der Waals surface area contributed by atoms with Crippen LogP contribution in [0.2, 0.25) is 0 Å². The second-order valence-electron chi connectivity index (χ2n) is 13.6. The van der Waals surface area contributed by atoms with Crippen LogP contribution in [-0.4, -0.2) is 89.3 Å². The third kappa shape index (κ3) is 12.6. The van der Waals surface area contributed by atoms with E-state index in [2.05, 4.69) is 28.6 Å². The molecule has 1 aliphatic heterocycles. The van der Waals surface area contributed by atoms with E-state index in [0.717, 1.165) is 16.0 Å². The van der Waals surface area contributed by atoms with Gasteiger partial charge in [-0.1, -0.05) is 78.9 Å². The minimum absolute atomic E-state index is 0.0504. The zero-order valence-corrected chi connectivity index (χ0v) is 32.0. The van der Waals surface area contributed by atoms with E-state index in [9.17, 15) is 33.6 Å². The molecule has 0 aromatic heterocycles. The fourth-order valence-electron chi connectivity index (χ4n) is 6.30. The van der Waals surface area contributed by atoms with Gasteiger partial charge in [0.1, 0.15) is 12.1 Å². The van der Waals surface area contributed by atoms with Gasteiger partial charge in [0, 0.05) is 32.2 Å². The van der Waals surface area contributed by atoms with Crippen LogP contribution in [0.3, 0.4) is 0 Å². The van der Waals surface area contributed by atoms with Gasteiger partial charge in [-0.15, -0.1) is 0 Å². The highest BCUT2D eigenvalue weighted by atomic mass is 32.1. The molecule has 1 heterocycles. The normalized spacial score (nSPS) is 15.5. The van der Waals surface area contributed by atoms with Crippen molar-refractivity contribution in [1.29, 1.82) is 0 Å². The van der Waals surface area contributed by atoms with Gasteiger partial charge in [0.05, 0.1) is 16.9 Å². The van der Waals surface area contributed by atoms with Crippen molar-refractivity contribution in [3.05, 3.63) is 107 Å². The molecule has 0 saturated carbocycles. The number of hydrogen-bond donors (Lipinski definition) is 5. The van der Waals surface area contributed by atoms with Crippen LogP contribution in [0.15, 0.2) is 78.9 Å². The first-order valence-electron chi connectivity index (χ1n) is 18.3. The quantitative estimate of drug-likeness (QED) is 0.0497. The van der Waals surface area contributed by atoms with Crippen molar-refractivity contribution in [2.75, 3.05) is 19.7 Å². The number of likely N-dealkylation sites (tertiary alicyclic amines) is 1. The molecule has 5 N–H and O–H groups in total. The van der Waals surface area contributed by atoms with Crippen LogP contribution in [0, 0.1) is 13.8 Å². The van der Waals surface area contributed by atoms with Crippen LogP contribution in [0.4, 0.5) is 0 Å². The van der Waals surface area contributed by atoms with E-state index in [0.29, 0.717) is 36.1 Å². The predicted molar refractivity (Wildman–Crippen MR) is 209 cm³/mol. The smallest absolute Gasteiger partial charge is 0.339 e. The molecular formula is C41H49N5O8S. The number of carbonyl (C=O) groups excluding carboxylic acids is 7. The van der Waals surface area contributed by atoms with E-state index in [1.165, 1.54) is 0 Å². The van der Waals surface area contributed by atoms with E-state index in [1.54, 1.807) is 74.5 Å². The second-order valence-corrected chi connectivity index (χ2v) is 14.2. The zero-order valence-electron chi connectivity index (χ0n) is 31.1. The van der Waals surface area contributed by atoms with Crippen molar-refractivity contribution >= 4 is 53.9 Å². The number of nitrogens with two attached hydrogens (primary N) is 1. The van der Waals surface area contributed by atoms with Gasteiger partial charge in [0.2, 0.25) is 29.5 Å². The number of unbranched alkanes of at least 4 members (excludes halogenated alkanes) is 1. The first-order chi connectivity index (χ1) is 26.4. The summed E-state index contributed by atoms with van der Waals surface area (Å²) in [5.74, 6) is -3.97. The number of imide groups is 1. The van der Waals surface area contributed by atoms with Gasteiger partial charge >= 0.3 is 5.97 Å². The lowest BCUT2D eigenvalue weighted by atomic mass is 10.0. The highest BCUT2D eigenvalue weighted by molar-refractivity contribution is 7.81. The van der Waals surface area contributed by atoms with Gasteiger partial charge in [0.15, 0.2) is 12.4 Å². The number of rotatable bonds is 20. The Hall–Kier alpha value is -5.34. The largest absolute Gasteiger partial charge is 0.454 e. The Morgan fingerprint density at radius 1 is 0.782 bits per heavy atom. The molecule has 0 aliphatic carbocycles. The van der Waals surface area contributed by atoms with Crippen LogP contribution in [0.25, 0.3) is 0 Å². The molecular weight excluding hydrogens is 723 g/mol. The average molecular weight is 772 g/mol. The summed E-state index contributed by atoms with van der Waals surface area (Å²) in [6.07, 6.45) is 1.14. The van der Waals surface area contributed by atoms with Gasteiger partial charge in [0.25, 0.3) is 0 Å². The van der Waals surface area contributed by atoms with Crippen LogP contribution in [0.5, 0.6) is 0 Å². The number of aryl methyl sites for hydroxylation is 2. The number of amides is 5. The summed E-state index contributed by atoms with van der Waals surface area (Å²) < 4.78 is 5.42. The number of esters is 1. The average Bonchev–Trinajstić information content (AvgIpc) is 3.41. The molecule has 1 saturated heterocycles. The lowest BCUT2D eigenvalue weighted by Gasteiger charge is -2.26. The van der Waals surface area contributed by atoms with Crippen LogP contribution in [0.1, 0.15) is 64.7 Å². The van der Waals surface area contributed by atoms with Crippen molar-refractivity contribution in [2.24, 2.45) is 5.73 Å². The number of nitrogens with one attached hydrogen (secondary N) is 3. The zero-order chi connectivity index (χ0) is 39.9. The van der Waals surface area contributed by atoms with Crippen LogP contribution >= 0.6 is 12.6 Å². The number of thiol groups is 1. The second kappa shape index (κ2) is 20.9. The van der Waals surface area contributed by atoms with E-state index < -0.39 is 71.3 Å². The summed E-state index contributed by atoms with van der Waals surface area (Å²) >= 11 is 4.12. The van der Waals surface area contributed by atoms with Gasteiger partial charge in [-0.05, 0) is 61.9 Å². The van der Waals surface area contributed by atoms with Gasteiger partial charge in [-0.3, -0.25) is 33.7 Å². The summed E-state index contributed by atoms with van der Waals surface area (Å²) in [6.45, 7) is 3.17. The molecule has 0 spiro atoms. The molecule has 292 valence electrons. The maximum atomic E-state index is 14.0. The Kier molecular flexibility index (Phi) is 16.1. The Balaban J connectivity index is 1.51. The molecule has 4 atom stereocenters. The third-order valence-corrected chi connectivity index (χ3v) is 9.72. The number of nitrogens with zero attached hydrogens (tertiary/aromatic N) is 1. The first-order valence-corrected chi connectivity index (χ1v) is 18.9. The minimum Gasteiger partial charge on any atom is -0.454 e. The highest BCUT2D eigenvalue weighted by Crippen LogP contribution is 2.18. The molecule has 14 heteroatoms. The lowest BCUT2D eigenvalue weighted by molar-refractivity contribution is -0.139. The Morgan fingerprint density at radius 2 is 1.33 bits per heavy atom. The molecule has 1 unspecified atom stereocenters. The number of Topliss-reactive ketones (excluding diaryl/α,β-unsaturated/α-hetero) is 1. The summed E-state index contributed by atoms with van der Waals surface area (Å²) in [7, 11) is 0. The van der Waals surface area contributed by atoms with Crippen molar-refractivity contribution in [3.63, 3.8) is 0 Å². The van der Waals surface area contributed by atoms with Crippen LogP contribution < -0.4 is 21.7 Å². The molecule has 3 aromatic carbocycles. The van der Waals surface area contributed by atoms with Crippen molar-refractivity contribution < 1.29 is 38.3 Å². The van der Waals surface area contributed by atoms with Gasteiger partial charge in [-0.2, -0.15) is 12.6 Å². The number of ketones is 1. The van der Waals surface area contributed by atoms with Gasteiger partial charge < -0.3 is 26.4 Å². The van der Waals surface area contributed by atoms with Crippen LogP contribution in [-0.2, 0) is 46.3 Å². The summed E-state index contributed by atoms with van der Waals surface area (Å²) in [4.78, 5) is 93.3. The molecule has 1 fully saturated rings. The molecule has 3 aromatic rings. The van der Waals surface area contributed by atoms with Gasteiger partial charge in [-0.25, -0.2) is 4.79 Å². The van der Waals surface area contributed by atoms with Crippen molar-refractivity contribution in [1.82, 2.24) is 20.9 Å². The molecule has 13 nitrogen and oxygen atoms in total. The fourth-order valence-corrected chi connectivity index (χ4v) is 6.59. The van der Waals surface area contributed by atoms with E-state index in [-0.39, 0.29) is 38.6 Å². The van der Waals surface area contributed by atoms with E-state index in [4.69, 9.17) is 10.5 Å². The standard InChI is InChI=1S/C41H49N5O8S/c1-26-12-11-13-27(2)37(26)41(53)54-25-33(47)30(18-9-10-20-42)44-39(51)32(23-29-16-7-4-8-17-29)45-38(50)31(22-28-14-5-3-6-15-28)43-35(48)19-21-46-36(49)24-34(55)40(46)52/h3-8,11-17,30-32,34,55H,9-10,18-25,42H2,1-2H3,(H,43,48)(H,44,51)(H,45,50)/t30-,31-,32-,34?/m0/s1. The van der Waals surface area contributed by atoms with E-state index >= 15 is 0 Å². The maximum absolute atomic E-state index is 14.0. The molecule has 4 rings (SSSR count). The third-order valence-electron chi connectivity index (χ3n) is 9.32. The van der Waals surface area contributed by atoms with Crippen molar-refractivity contribution in [3.8, 4) is 0 Å². The maximum Gasteiger partial charge on any atom is 0.339 e. The first kappa shape index (κ1) is 42.4. The number of benzene rings is 3. The SMILES string of the molecule is Cc1cccc(C)c1C(=O)OCC(=O)[C@H](CCCCN)NC(=O)[C@H](Cc1ccccc1)NC(=O)[C@H](Cc1ccccc1)NC(=O)CCN1C(=O)CC(S)C1=O. The lowest BCUT2D eigenvalue weighted by Crippen LogP contribution is -2.57. The summed E-state index contributed by atoms with van der Waals surface area (Å²) in [5, 5.41) is 7.53. The Morgan fingerprint density at radius 3 is 1.85 bits per heavy atom. The molecule has 0 radical (unpaired) electrons. The number of carbonyl (C=O) groups is 7. The Bertz CT molecular complexity index is 1820. The molecule has 55 heavy (non-hydrogen) atoms. The number of hydrogen-bond acceptors (Lipinski definition) is 10. The minimum atomic E-state index is -1.18. The summed E-state index contributed by atoms with van der Waals surface area (Å²) in [5.41, 5.74) is 8.93. The highest BCUT2D eigenvalue weighted by Gasteiger charge is 2.37. The molecule has 5 amide bonds. The molecule has 1 aliphatic rings.